The van der Waals surface area contributed by atoms with Crippen LogP contribution in [-0.4, -0.2) is 13.2 Å². The minimum absolute atomic E-state index is 0.290. The van der Waals surface area contributed by atoms with Crippen molar-refractivity contribution >= 4 is 21.5 Å². The van der Waals surface area contributed by atoms with Gasteiger partial charge in [-0.1, -0.05) is 36.4 Å². The van der Waals surface area contributed by atoms with Crippen LogP contribution in [0.25, 0.3) is 21.5 Å². The molecular formula is C25H24N4O2. The lowest BCUT2D eigenvalue weighted by atomic mass is 10.1. The van der Waals surface area contributed by atoms with Crippen molar-refractivity contribution in [3.05, 3.63) is 83.9 Å². The van der Waals surface area contributed by atoms with Gasteiger partial charge in [0.05, 0.1) is 13.2 Å². The van der Waals surface area contributed by atoms with Crippen molar-refractivity contribution in [3.63, 3.8) is 0 Å². The van der Waals surface area contributed by atoms with Crippen LogP contribution in [0, 0.1) is 0 Å². The van der Waals surface area contributed by atoms with Gasteiger partial charge in [0.15, 0.2) is 0 Å². The first-order valence-corrected chi connectivity index (χ1v) is 10.7. The summed E-state index contributed by atoms with van der Waals surface area (Å²) < 4.78 is 11.9. The van der Waals surface area contributed by atoms with Crippen molar-refractivity contribution in [2.24, 2.45) is 0 Å². The quantitative estimate of drug-likeness (QED) is 0.257. The number of fused-ring (bicyclic) bond motifs is 2. The second kappa shape index (κ2) is 7.83. The standard InChI is InChI=1S/C25H24N4O2/c1(10-30-22-8-6-16-12-20(24-26-27-24)4-2-18(16)14-22)11-31-23-9-7-17-13-21(25-28-29-25)5-3-19(17)15-23/h2-9,12-15,24-29H,1,10-11H2. The summed E-state index contributed by atoms with van der Waals surface area (Å²) in [5, 5.41) is 4.81. The third-order valence-corrected chi connectivity index (χ3v) is 5.74. The van der Waals surface area contributed by atoms with Gasteiger partial charge in [0.2, 0.25) is 0 Å². The van der Waals surface area contributed by atoms with E-state index in [1.54, 1.807) is 0 Å². The molecule has 2 heterocycles. The molecule has 0 amide bonds. The number of hydrogen-bond donors (Lipinski definition) is 4. The van der Waals surface area contributed by atoms with Crippen molar-refractivity contribution < 1.29 is 9.47 Å². The summed E-state index contributed by atoms with van der Waals surface area (Å²) in [5.41, 5.74) is 14.9. The predicted molar refractivity (Wildman–Crippen MR) is 122 cm³/mol. The van der Waals surface area contributed by atoms with Gasteiger partial charge in [-0.15, -0.1) is 0 Å². The van der Waals surface area contributed by atoms with Gasteiger partial charge in [-0.2, -0.15) is 0 Å². The lowest BCUT2D eigenvalue weighted by molar-refractivity contribution is 0.248. The van der Waals surface area contributed by atoms with E-state index in [0.717, 1.165) is 17.9 Å². The summed E-state index contributed by atoms with van der Waals surface area (Å²) in [6.07, 6.45) is 1.40. The largest absolute Gasteiger partial charge is 0.493 e. The van der Waals surface area contributed by atoms with Gasteiger partial charge >= 0.3 is 0 Å². The molecule has 2 aliphatic rings. The van der Waals surface area contributed by atoms with Gasteiger partial charge in [0, 0.05) is 6.42 Å². The van der Waals surface area contributed by atoms with Crippen molar-refractivity contribution in [2.45, 2.75) is 18.8 Å². The van der Waals surface area contributed by atoms with E-state index in [2.05, 4.69) is 82.4 Å². The molecule has 0 unspecified atom stereocenters. The Hall–Kier alpha value is -3.16. The van der Waals surface area contributed by atoms with Crippen LogP contribution < -0.4 is 31.2 Å². The molecule has 6 rings (SSSR count). The van der Waals surface area contributed by atoms with E-state index in [-0.39, 0.29) is 12.3 Å². The molecule has 156 valence electrons. The van der Waals surface area contributed by atoms with Crippen molar-refractivity contribution in [1.29, 1.82) is 0 Å². The van der Waals surface area contributed by atoms with Crippen LogP contribution in [0.2, 0.25) is 0 Å². The molecule has 0 aromatic heterocycles. The smallest absolute Gasteiger partial charge is 0.119 e. The maximum Gasteiger partial charge on any atom is 0.119 e. The number of ether oxygens (including phenoxy) is 2. The van der Waals surface area contributed by atoms with Gasteiger partial charge in [-0.3, -0.25) is 0 Å². The first-order chi connectivity index (χ1) is 15.3. The van der Waals surface area contributed by atoms with Crippen LogP contribution in [0.15, 0.2) is 72.8 Å². The van der Waals surface area contributed by atoms with Crippen LogP contribution >= 0.6 is 0 Å². The molecule has 6 nitrogen and oxygen atoms in total. The highest BCUT2D eigenvalue weighted by atomic mass is 16.5. The van der Waals surface area contributed by atoms with Crippen molar-refractivity contribution in [1.82, 2.24) is 21.7 Å². The molecule has 2 saturated heterocycles. The summed E-state index contributed by atoms with van der Waals surface area (Å²) in [4.78, 5) is 0. The molecule has 0 aliphatic carbocycles. The first-order valence-electron chi connectivity index (χ1n) is 10.7. The molecule has 2 aliphatic heterocycles. The van der Waals surface area contributed by atoms with Gasteiger partial charge in [0.1, 0.15) is 23.8 Å². The van der Waals surface area contributed by atoms with Gasteiger partial charge in [0.25, 0.3) is 0 Å². The number of hydrogen-bond acceptors (Lipinski definition) is 6. The summed E-state index contributed by atoms with van der Waals surface area (Å²) in [6.45, 7) is 1.25. The third-order valence-electron chi connectivity index (χ3n) is 5.74. The molecule has 0 spiro atoms. The lowest BCUT2D eigenvalue weighted by Gasteiger charge is -2.10. The SMILES string of the molecule is c1cc2cc(C3NN3)ccc2cc1OCCCOc1ccc2cc(C3NN3)ccc2c1. The highest BCUT2D eigenvalue weighted by Gasteiger charge is 2.21. The van der Waals surface area contributed by atoms with E-state index in [1.807, 2.05) is 12.1 Å². The Morgan fingerprint density at radius 2 is 0.935 bits per heavy atom. The predicted octanol–water partition coefficient (Wildman–Crippen LogP) is 4.05. The number of benzene rings is 4. The molecule has 4 N–H and O–H groups in total. The Morgan fingerprint density at radius 1 is 0.516 bits per heavy atom. The lowest BCUT2D eigenvalue weighted by Crippen LogP contribution is -2.05. The van der Waals surface area contributed by atoms with Crippen LogP contribution in [-0.2, 0) is 0 Å². The Morgan fingerprint density at radius 3 is 1.39 bits per heavy atom. The summed E-state index contributed by atoms with van der Waals surface area (Å²) in [5.74, 6) is 1.79. The molecule has 0 radical (unpaired) electrons. The van der Waals surface area contributed by atoms with E-state index in [9.17, 15) is 0 Å². The maximum atomic E-state index is 5.94. The van der Waals surface area contributed by atoms with Crippen LogP contribution in [0.4, 0.5) is 0 Å². The van der Waals surface area contributed by atoms with E-state index >= 15 is 0 Å². The second-order valence-electron chi connectivity index (χ2n) is 8.03. The van der Waals surface area contributed by atoms with Crippen LogP contribution in [0.5, 0.6) is 11.5 Å². The van der Waals surface area contributed by atoms with E-state index in [0.29, 0.717) is 13.2 Å². The zero-order valence-electron chi connectivity index (χ0n) is 17.0. The summed E-state index contributed by atoms with van der Waals surface area (Å²) in [6, 6.07) is 25.5. The Labute approximate surface area is 180 Å². The average molecular weight is 412 g/mol. The van der Waals surface area contributed by atoms with E-state index in [4.69, 9.17) is 9.47 Å². The number of rotatable bonds is 8. The minimum Gasteiger partial charge on any atom is -0.493 e. The Bertz CT molecular complexity index is 1150. The highest BCUT2D eigenvalue weighted by molar-refractivity contribution is 5.85. The second-order valence-corrected chi connectivity index (χ2v) is 8.03. The highest BCUT2D eigenvalue weighted by Crippen LogP contribution is 2.27. The molecule has 2 fully saturated rings. The molecule has 0 bridgehead atoms. The number of hydrazine groups is 2. The monoisotopic (exact) mass is 412 g/mol. The number of nitrogens with one attached hydrogen (secondary N) is 4. The van der Waals surface area contributed by atoms with Crippen molar-refractivity contribution in [2.75, 3.05) is 13.2 Å². The first kappa shape index (κ1) is 18.6. The molecule has 4 aromatic rings. The zero-order valence-corrected chi connectivity index (χ0v) is 17.0. The molecular weight excluding hydrogens is 388 g/mol. The zero-order chi connectivity index (χ0) is 20.6. The van der Waals surface area contributed by atoms with Gasteiger partial charge in [-0.25, -0.2) is 21.7 Å². The van der Waals surface area contributed by atoms with Crippen LogP contribution in [0.3, 0.4) is 0 Å². The van der Waals surface area contributed by atoms with Gasteiger partial charge in [-0.05, 0) is 69.1 Å². The Balaban J connectivity index is 1.01. The molecule has 31 heavy (non-hydrogen) atoms. The molecule has 4 aromatic carbocycles. The van der Waals surface area contributed by atoms with Crippen LogP contribution in [0.1, 0.15) is 29.9 Å². The van der Waals surface area contributed by atoms with E-state index < -0.39 is 0 Å². The fourth-order valence-corrected chi connectivity index (χ4v) is 3.88. The molecule has 0 saturated carbocycles. The van der Waals surface area contributed by atoms with E-state index in [1.165, 1.54) is 32.7 Å². The topological polar surface area (TPSA) is 106 Å². The van der Waals surface area contributed by atoms with Crippen molar-refractivity contribution in [3.8, 4) is 11.5 Å². The fourth-order valence-electron chi connectivity index (χ4n) is 3.88. The summed E-state index contributed by atoms with van der Waals surface area (Å²) in [7, 11) is 0. The fraction of sp³-hybridized carbons (Fsp3) is 0.200. The maximum absolute atomic E-state index is 5.94. The third kappa shape index (κ3) is 4.19. The average Bonchev–Trinajstić information content (AvgIpc) is 3.71. The molecule has 6 heteroatoms. The molecule has 0 atom stereocenters. The summed E-state index contributed by atoms with van der Waals surface area (Å²) >= 11 is 0. The normalized spacial score (nSPS) is 16.0. The Kier molecular flexibility index (Phi) is 4.70. The van der Waals surface area contributed by atoms with Gasteiger partial charge < -0.3 is 9.47 Å². The minimum atomic E-state index is 0.290.